The zero-order valence-electron chi connectivity index (χ0n) is 13.6. The van der Waals surface area contributed by atoms with Gasteiger partial charge in [-0.05, 0) is 19.2 Å². The van der Waals surface area contributed by atoms with Crippen molar-refractivity contribution < 1.29 is 4.79 Å². The molecule has 1 fully saturated rings. The van der Waals surface area contributed by atoms with Gasteiger partial charge in [0.25, 0.3) is 0 Å². The molecule has 4 heterocycles. The van der Waals surface area contributed by atoms with Crippen LogP contribution in [0, 0.1) is 0 Å². The van der Waals surface area contributed by atoms with Crippen molar-refractivity contribution in [1.29, 1.82) is 0 Å². The van der Waals surface area contributed by atoms with Gasteiger partial charge in [-0.1, -0.05) is 6.07 Å². The molecule has 3 aromatic heterocycles. The highest BCUT2D eigenvalue weighted by Gasteiger charge is 2.26. The molecule has 1 N–H and O–H groups in total. The number of carbonyl (C=O) groups excluding carboxylic acids is 1. The molecule has 4 rings (SSSR count). The van der Waals surface area contributed by atoms with Gasteiger partial charge in [-0.2, -0.15) is 5.10 Å². The van der Waals surface area contributed by atoms with Crippen LogP contribution in [-0.4, -0.2) is 50.7 Å². The Hall–Kier alpha value is -2.80. The lowest BCUT2D eigenvalue weighted by Gasteiger charge is -2.35. The molecule has 0 aromatic carbocycles. The molecule has 0 unspecified atom stereocenters. The van der Waals surface area contributed by atoms with E-state index < -0.39 is 0 Å². The predicted octanol–water partition coefficient (Wildman–Crippen LogP) is 1.80. The summed E-state index contributed by atoms with van der Waals surface area (Å²) in [4.78, 5) is 22.5. The van der Waals surface area contributed by atoms with E-state index in [-0.39, 0.29) is 5.91 Å². The Kier molecular flexibility index (Phi) is 3.50. The highest BCUT2D eigenvalue weighted by atomic mass is 16.1. The van der Waals surface area contributed by atoms with Crippen LogP contribution in [0.4, 0.5) is 5.82 Å². The van der Waals surface area contributed by atoms with Gasteiger partial charge in [-0.25, -0.2) is 14.6 Å². The molecule has 3 aromatic rings. The Morgan fingerprint density at radius 3 is 2.88 bits per heavy atom. The van der Waals surface area contributed by atoms with Crippen molar-refractivity contribution in [3.8, 4) is 5.82 Å². The number of anilines is 1. The van der Waals surface area contributed by atoms with Crippen LogP contribution < -0.4 is 5.32 Å². The first kappa shape index (κ1) is 14.8. The molecule has 7 nitrogen and oxygen atoms in total. The van der Waals surface area contributed by atoms with Crippen LogP contribution >= 0.6 is 0 Å². The van der Waals surface area contributed by atoms with Gasteiger partial charge in [0.2, 0.25) is 5.91 Å². The highest BCUT2D eigenvalue weighted by molar-refractivity contribution is 5.90. The average Bonchev–Trinajstić information content (AvgIpc) is 2.94. The Morgan fingerprint density at radius 2 is 2.12 bits per heavy atom. The number of amides is 1. The van der Waals surface area contributed by atoms with Gasteiger partial charge in [0, 0.05) is 49.3 Å². The number of hydrogen-bond donors (Lipinski definition) is 1. The Labute approximate surface area is 139 Å². The van der Waals surface area contributed by atoms with E-state index in [0.717, 1.165) is 35.5 Å². The van der Waals surface area contributed by atoms with Crippen molar-refractivity contribution in [1.82, 2.24) is 24.6 Å². The third kappa shape index (κ3) is 2.63. The van der Waals surface area contributed by atoms with Crippen molar-refractivity contribution in [3.05, 3.63) is 42.4 Å². The molecular formula is C17H18N6O. The molecule has 0 aliphatic carbocycles. The Morgan fingerprint density at radius 1 is 1.29 bits per heavy atom. The Balaban J connectivity index is 1.73. The minimum atomic E-state index is -0.151. The molecule has 0 spiro atoms. The van der Waals surface area contributed by atoms with Crippen molar-refractivity contribution in [2.45, 2.75) is 12.8 Å². The predicted molar refractivity (Wildman–Crippen MR) is 91.2 cm³/mol. The van der Waals surface area contributed by atoms with Gasteiger partial charge in [-0.3, -0.25) is 4.79 Å². The second-order valence-corrected chi connectivity index (χ2v) is 6.20. The van der Waals surface area contributed by atoms with E-state index in [1.807, 2.05) is 18.2 Å². The fourth-order valence-corrected chi connectivity index (χ4v) is 3.02. The molecule has 7 heteroatoms. The van der Waals surface area contributed by atoms with E-state index in [2.05, 4.69) is 33.4 Å². The second-order valence-electron chi connectivity index (χ2n) is 6.20. The summed E-state index contributed by atoms with van der Waals surface area (Å²) in [6.07, 6.45) is 3.46. The van der Waals surface area contributed by atoms with Gasteiger partial charge in [0.1, 0.15) is 5.82 Å². The fourth-order valence-electron chi connectivity index (χ4n) is 3.02. The zero-order chi connectivity index (χ0) is 16.7. The number of hydrogen-bond acceptors (Lipinski definition) is 5. The molecular weight excluding hydrogens is 304 g/mol. The first-order valence-electron chi connectivity index (χ1n) is 7.87. The first-order chi connectivity index (χ1) is 11.6. The van der Waals surface area contributed by atoms with Gasteiger partial charge >= 0.3 is 0 Å². The maximum atomic E-state index is 11.2. The Bertz CT molecular complexity index is 912. The molecule has 1 saturated heterocycles. The summed E-state index contributed by atoms with van der Waals surface area (Å²) in [5.74, 6) is 1.61. The standard InChI is InChI=1S/C17H18N6O/c1-11(24)20-16-6-15-12(7-18-16)8-19-23(15)17-5-3-4-14(21-17)13-9-22(2)10-13/h3-8,13H,9-10H2,1-2H3,(H,18,20,24). The smallest absolute Gasteiger partial charge is 0.222 e. The number of aromatic nitrogens is 4. The van der Waals surface area contributed by atoms with Crippen LogP contribution in [0.2, 0.25) is 0 Å². The third-order valence-electron chi connectivity index (χ3n) is 4.21. The van der Waals surface area contributed by atoms with E-state index in [1.165, 1.54) is 6.92 Å². The van der Waals surface area contributed by atoms with E-state index in [1.54, 1.807) is 17.1 Å². The van der Waals surface area contributed by atoms with E-state index in [4.69, 9.17) is 4.98 Å². The van der Waals surface area contributed by atoms with Crippen LogP contribution in [0.25, 0.3) is 16.7 Å². The normalized spacial score (nSPS) is 15.4. The monoisotopic (exact) mass is 322 g/mol. The summed E-state index contributed by atoms with van der Waals surface area (Å²) < 4.78 is 1.79. The summed E-state index contributed by atoms with van der Waals surface area (Å²) in [5, 5.41) is 8.04. The topological polar surface area (TPSA) is 75.9 Å². The molecule has 0 atom stereocenters. The molecule has 0 bridgehead atoms. The number of nitrogens with zero attached hydrogens (tertiary/aromatic N) is 5. The number of pyridine rings is 2. The number of rotatable bonds is 3. The third-order valence-corrected chi connectivity index (χ3v) is 4.21. The molecule has 1 aliphatic heterocycles. The van der Waals surface area contributed by atoms with Gasteiger partial charge in [0.15, 0.2) is 5.82 Å². The lowest BCUT2D eigenvalue weighted by molar-refractivity contribution is -0.114. The number of carbonyl (C=O) groups is 1. The largest absolute Gasteiger partial charge is 0.311 e. The number of likely N-dealkylation sites (N-methyl/N-ethyl adjacent to an activating group) is 1. The molecule has 0 saturated carbocycles. The van der Waals surface area contributed by atoms with Crippen molar-refractivity contribution >= 4 is 22.6 Å². The SMILES string of the molecule is CC(=O)Nc1cc2c(cn1)cnn2-c1cccc(C2CN(C)C2)n1. The van der Waals surface area contributed by atoms with Gasteiger partial charge < -0.3 is 10.2 Å². The van der Waals surface area contributed by atoms with Crippen LogP contribution in [0.5, 0.6) is 0 Å². The number of likely N-dealkylation sites (tertiary alicyclic amines) is 1. The maximum Gasteiger partial charge on any atom is 0.222 e. The van der Waals surface area contributed by atoms with Gasteiger partial charge in [0.05, 0.1) is 11.7 Å². The van der Waals surface area contributed by atoms with E-state index >= 15 is 0 Å². The average molecular weight is 322 g/mol. The zero-order valence-corrected chi connectivity index (χ0v) is 13.6. The lowest BCUT2D eigenvalue weighted by Crippen LogP contribution is -2.42. The quantitative estimate of drug-likeness (QED) is 0.796. The van der Waals surface area contributed by atoms with Crippen LogP contribution in [0.3, 0.4) is 0 Å². The number of nitrogens with one attached hydrogen (secondary N) is 1. The van der Waals surface area contributed by atoms with Crippen molar-refractivity contribution in [2.24, 2.45) is 0 Å². The van der Waals surface area contributed by atoms with E-state index in [9.17, 15) is 4.79 Å². The molecule has 0 radical (unpaired) electrons. The fraction of sp³-hybridized carbons (Fsp3) is 0.294. The van der Waals surface area contributed by atoms with Gasteiger partial charge in [-0.15, -0.1) is 0 Å². The summed E-state index contributed by atoms with van der Waals surface area (Å²) >= 11 is 0. The second kappa shape index (κ2) is 5.68. The van der Waals surface area contributed by atoms with E-state index in [0.29, 0.717) is 11.7 Å². The first-order valence-corrected chi connectivity index (χ1v) is 7.87. The molecule has 1 amide bonds. The summed E-state index contributed by atoms with van der Waals surface area (Å²) in [6, 6.07) is 7.84. The lowest BCUT2D eigenvalue weighted by atomic mass is 9.97. The minimum Gasteiger partial charge on any atom is -0.311 e. The summed E-state index contributed by atoms with van der Waals surface area (Å²) in [7, 11) is 2.11. The number of fused-ring (bicyclic) bond motifs is 1. The molecule has 24 heavy (non-hydrogen) atoms. The maximum absolute atomic E-state index is 11.2. The summed E-state index contributed by atoms with van der Waals surface area (Å²) in [5.41, 5.74) is 1.95. The van der Waals surface area contributed by atoms with Crippen LogP contribution in [0.15, 0.2) is 36.7 Å². The van der Waals surface area contributed by atoms with Crippen LogP contribution in [-0.2, 0) is 4.79 Å². The molecule has 122 valence electrons. The highest BCUT2D eigenvalue weighted by Crippen LogP contribution is 2.25. The van der Waals surface area contributed by atoms with Crippen LogP contribution in [0.1, 0.15) is 18.5 Å². The molecule has 1 aliphatic rings. The summed E-state index contributed by atoms with van der Waals surface area (Å²) in [6.45, 7) is 3.53. The minimum absolute atomic E-state index is 0.151. The van der Waals surface area contributed by atoms with Crippen molar-refractivity contribution in [3.63, 3.8) is 0 Å². The van der Waals surface area contributed by atoms with Crippen molar-refractivity contribution in [2.75, 3.05) is 25.5 Å².